The van der Waals surface area contributed by atoms with E-state index in [-0.39, 0.29) is 10.8 Å². The van der Waals surface area contributed by atoms with E-state index in [2.05, 4.69) is 93.2 Å². The molecule has 0 aliphatic rings. The minimum Gasteiger partial charge on any atom is -0.507 e. The summed E-state index contributed by atoms with van der Waals surface area (Å²) in [5.74, 6) is 2.03. The summed E-state index contributed by atoms with van der Waals surface area (Å²) in [6, 6.07) is 8.55. The van der Waals surface area contributed by atoms with Crippen molar-refractivity contribution in [2.75, 3.05) is 0 Å². The molecule has 158 valence electrons. The average molecular weight is 395 g/mol. The summed E-state index contributed by atoms with van der Waals surface area (Å²) in [6.07, 6.45) is 1.38. The topological polar surface area (TPSA) is 29.5 Å². The van der Waals surface area contributed by atoms with Crippen LogP contribution in [0.3, 0.4) is 0 Å². The highest BCUT2D eigenvalue weighted by molar-refractivity contribution is 5.54. The summed E-state index contributed by atoms with van der Waals surface area (Å²) < 4.78 is 6.27. The molecule has 0 aliphatic carbocycles. The minimum absolute atomic E-state index is 0.0602. The van der Waals surface area contributed by atoms with Gasteiger partial charge < -0.3 is 9.84 Å². The molecule has 0 atom stereocenters. The lowest BCUT2D eigenvalue weighted by molar-refractivity contribution is 0.391. The van der Waals surface area contributed by atoms with Gasteiger partial charge in [0.2, 0.25) is 0 Å². The van der Waals surface area contributed by atoms with Crippen LogP contribution < -0.4 is 4.74 Å². The van der Waals surface area contributed by atoms with E-state index in [0.717, 1.165) is 40.2 Å². The lowest BCUT2D eigenvalue weighted by atomic mass is 9.81. The maximum absolute atomic E-state index is 11.1. The van der Waals surface area contributed by atoms with E-state index >= 15 is 0 Å². The summed E-state index contributed by atoms with van der Waals surface area (Å²) in [5, 5.41) is 11.1. The second-order valence-electron chi connectivity index (χ2n) is 10.3. The van der Waals surface area contributed by atoms with E-state index in [4.69, 9.17) is 4.74 Å². The van der Waals surface area contributed by atoms with Gasteiger partial charge in [-0.05, 0) is 41.4 Å². The number of aryl methyl sites for hydroxylation is 2. The lowest BCUT2D eigenvalue weighted by Crippen LogP contribution is -2.16. The number of ether oxygens (including phenoxy) is 1. The molecule has 0 amide bonds. The van der Waals surface area contributed by atoms with Crippen molar-refractivity contribution in [2.24, 2.45) is 0 Å². The molecule has 0 radical (unpaired) electrons. The van der Waals surface area contributed by atoms with Crippen molar-refractivity contribution in [1.82, 2.24) is 0 Å². The predicted molar refractivity (Wildman–Crippen MR) is 124 cm³/mol. The van der Waals surface area contributed by atoms with Crippen molar-refractivity contribution in [3.05, 3.63) is 70.0 Å². The summed E-state index contributed by atoms with van der Waals surface area (Å²) in [4.78, 5) is 0. The molecule has 29 heavy (non-hydrogen) atoms. The maximum Gasteiger partial charge on any atom is 0.134 e. The van der Waals surface area contributed by atoms with Crippen LogP contribution in [0.1, 0.15) is 88.3 Å². The summed E-state index contributed by atoms with van der Waals surface area (Å²) in [6.45, 7) is 23.3. The molecule has 0 saturated heterocycles. The quantitative estimate of drug-likeness (QED) is 0.532. The van der Waals surface area contributed by atoms with Gasteiger partial charge in [-0.15, -0.1) is 0 Å². The fourth-order valence-electron chi connectivity index (χ4n) is 3.64. The molecule has 2 aromatic rings. The molecule has 0 aromatic heterocycles. The first-order valence-electron chi connectivity index (χ1n) is 10.6. The highest BCUT2D eigenvalue weighted by atomic mass is 16.5. The molecule has 0 saturated carbocycles. The van der Waals surface area contributed by atoms with Crippen LogP contribution in [0.2, 0.25) is 0 Å². The van der Waals surface area contributed by atoms with Crippen LogP contribution in [0.15, 0.2) is 36.6 Å². The van der Waals surface area contributed by atoms with Crippen LogP contribution in [-0.2, 0) is 17.3 Å². The van der Waals surface area contributed by atoms with Gasteiger partial charge >= 0.3 is 0 Å². The molecule has 0 heterocycles. The third-order valence-electron chi connectivity index (χ3n) is 5.28. The second-order valence-corrected chi connectivity index (χ2v) is 10.3. The van der Waals surface area contributed by atoms with Gasteiger partial charge in [0.05, 0.1) is 5.76 Å². The molecular formula is C27H38O2. The number of hydrogen-bond acceptors (Lipinski definition) is 2. The van der Waals surface area contributed by atoms with Crippen molar-refractivity contribution in [2.45, 2.75) is 86.0 Å². The average Bonchev–Trinajstić information content (AvgIpc) is 2.57. The Balaban J connectivity index is 2.68. The van der Waals surface area contributed by atoms with Crippen LogP contribution in [0.5, 0.6) is 11.5 Å². The molecule has 0 aliphatic heterocycles. The first kappa shape index (κ1) is 23.1. The molecular weight excluding hydrogens is 356 g/mol. The highest BCUT2D eigenvalue weighted by Gasteiger charge is 2.25. The van der Waals surface area contributed by atoms with E-state index < -0.39 is 0 Å². The standard InChI is InChI=1S/C27H38O2/c1-11-19(4)29-25-21(13-18(3)15-23(25)27(8,9)10)16-20-12-17(2)14-22(24(20)28)26(5,6)7/h12-15,28H,4,11,16H2,1-3,5-10H3. The summed E-state index contributed by atoms with van der Waals surface area (Å²) in [7, 11) is 0. The Kier molecular flexibility index (Phi) is 6.57. The largest absolute Gasteiger partial charge is 0.507 e. The SMILES string of the molecule is C=C(CC)Oc1c(Cc2cc(C)cc(C(C)(C)C)c2O)cc(C)cc1C(C)(C)C. The first-order chi connectivity index (χ1) is 13.2. The molecule has 1 N–H and O–H groups in total. The van der Waals surface area contributed by atoms with Crippen molar-refractivity contribution >= 4 is 0 Å². The van der Waals surface area contributed by atoms with Gasteiger partial charge in [-0.1, -0.05) is 90.4 Å². The Morgan fingerprint density at radius 2 is 1.34 bits per heavy atom. The third kappa shape index (κ3) is 5.44. The van der Waals surface area contributed by atoms with Crippen LogP contribution in [0.25, 0.3) is 0 Å². The zero-order valence-electron chi connectivity index (χ0n) is 19.8. The number of benzene rings is 2. The second kappa shape index (κ2) is 8.26. The van der Waals surface area contributed by atoms with E-state index in [1.807, 2.05) is 0 Å². The van der Waals surface area contributed by atoms with Crippen LogP contribution in [0.4, 0.5) is 0 Å². The first-order valence-corrected chi connectivity index (χ1v) is 10.6. The van der Waals surface area contributed by atoms with Gasteiger partial charge in [-0.3, -0.25) is 0 Å². The van der Waals surface area contributed by atoms with Crippen LogP contribution in [0, 0.1) is 13.8 Å². The summed E-state index contributed by atoms with van der Waals surface area (Å²) in [5.41, 5.74) is 6.35. The van der Waals surface area contributed by atoms with Crippen molar-refractivity contribution in [3.63, 3.8) is 0 Å². The molecule has 0 bridgehead atoms. The number of phenolic OH excluding ortho intramolecular Hbond substituents is 1. The number of hydrogen-bond donors (Lipinski definition) is 1. The molecule has 2 heteroatoms. The van der Waals surface area contributed by atoms with E-state index in [1.54, 1.807) is 0 Å². The van der Waals surface area contributed by atoms with E-state index in [0.29, 0.717) is 12.2 Å². The molecule has 0 unspecified atom stereocenters. The lowest BCUT2D eigenvalue weighted by Gasteiger charge is -2.27. The van der Waals surface area contributed by atoms with Crippen molar-refractivity contribution in [1.29, 1.82) is 0 Å². The smallest absolute Gasteiger partial charge is 0.134 e. The number of rotatable bonds is 5. The Labute approximate surface area is 177 Å². The molecule has 0 spiro atoms. The zero-order chi connectivity index (χ0) is 22.1. The Bertz CT molecular complexity index is 906. The van der Waals surface area contributed by atoms with Crippen molar-refractivity contribution < 1.29 is 9.84 Å². The van der Waals surface area contributed by atoms with Crippen LogP contribution in [-0.4, -0.2) is 5.11 Å². The minimum atomic E-state index is -0.121. The molecule has 2 rings (SSSR count). The molecule has 0 fully saturated rings. The fourth-order valence-corrected chi connectivity index (χ4v) is 3.64. The number of phenols is 1. The maximum atomic E-state index is 11.1. The Hall–Kier alpha value is -2.22. The Morgan fingerprint density at radius 1 is 0.862 bits per heavy atom. The van der Waals surface area contributed by atoms with Gasteiger partial charge in [0.1, 0.15) is 11.5 Å². The van der Waals surface area contributed by atoms with Gasteiger partial charge in [0.15, 0.2) is 0 Å². The highest BCUT2D eigenvalue weighted by Crippen LogP contribution is 2.40. The van der Waals surface area contributed by atoms with Gasteiger partial charge in [-0.25, -0.2) is 0 Å². The number of aromatic hydroxyl groups is 1. The summed E-state index contributed by atoms with van der Waals surface area (Å²) >= 11 is 0. The monoisotopic (exact) mass is 394 g/mol. The zero-order valence-corrected chi connectivity index (χ0v) is 19.8. The Morgan fingerprint density at radius 3 is 1.83 bits per heavy atom. The van der Waals surface area contributed by atoms with Crippen molar-refractivity contribution in [3.8, 4) is 11.5 Å². The number of allylic oxidation sites excluding steroid dienone is 1. The third-order valence-corrected chi connectivity index (χ3v) is 5.28. The fraction of sp³-hybridized carbons (Fsp3) is 0.481. The van der Waals surface area contributed by atoms with E-state index in [9.17, 15) is 5.11 Å². The van der Waals surface area contributed by atoms with Gasteiger partial charge in [-0.2, -0.15) is 0 Å². The predicted octanol–water partition coefficient (Wildman–Crippen LogP) is 7.50. The van der Waals surface area contributed by atoms with Gasteiger partial charge in [0.25, 0.3) is 0 Å². The van der Waals surface area contributed by atoms with Crippen LogP contribution >= 0.6 is 0 Å². The normalized spacial score (nSPS) is 12.2. The molecule has 2 aromatic carbocycles. The van der Waals surface area contributed by atoms with Gasteiger partial charge in [0, 0.05) is 18.4 Å². The van der Waals surface area contributed by atoms with E-state index in [1.165, 1.54) is 11.1 Å². The molecule has 2 nitrogen and oxygen atoms in total.